The van der Waals surface area contributed by atoms with E-state index in [-0.39, 0.29) is 0 Å². The van der Waals surface area contributed by atoms with Crippen molar-refractivity contribution in [1.29, 1.82) is 0 Å². The predicted molar refractivity (Wildman–Crippen MR) is 92.5 cm³/mol. The third-order valence-corrected chi connectivity index (χ3v) is 6.26. The fourth-order valence-electron chi connectivity index (χ4n) is 3.86. The van der Waals surface area contributed by atoms with Crippen molar-refractivity contribution in [2.75, 3.05) is 24.8 Å². The topological polar surface area (TPSA) is 47.7 Å². The molecule has 1 fully saturated rings. The summed E-state index contributed by atoms with van der Waals surface area (Å²) in [4.78, 5) is 2.62. The molecule has 5 nitrogen and oxygen atoms in total. The quantitative estimate of drug-likeness (QED) is 0.833. The molecule has 0 radical (unpaired) electrons. The Hall–Kier alpha value is -1.66. The predicted octanol–water partition coefficient (Wildman–Crippen LogP) is 3.32. The second kappa shape index (κ2) is 6.01. The summed E-state index contributed by atoms with van der Waals surface area (Å²) in [7, 11) is 0. The van der Waals surface area contributed by atoms with Gasteiger partial charge in [0.05, 0.1) is 0 Å². The Kier molecular flexibility index (Phi) is 3.67. The van der Waals surface area contributed by atoms with Crippen LogP contribution in [0.5, 0.6) is 11.5 Å². The second-order valence-corrected chi connectivity index (χ2v) is 7.79. The molecule has 3 aliphatic rings. The molecule has 1 saturated heterocycles. The molecule has 0 unspecified atom stereocenters. The minimum Gasteiger partial charge on any atom is -0.454 e. The van der Waals surface area contributed by atoms with Crippen LogP contribution in [0, 0.1) is 0 Å². The van der Waals surface area contributed by atoms with Crippen LogP contribution in [0.2, 0.25) is 0 Å². The molecule has 0 saturated carbocycles. The second-order valence-electron chi connectivity index (χ2n) is 6.56. The maximum absolute atomic E-state index is 5.64. The van der Waals surface area contributed by atoms with Gasteiger partial charge in [-0.05, 0) is 42.5 Å². The summed E-state index contributed by atoms with van der Waals surface area (Å²) in [5.41, 5.74) is 3.25. The molecule has 1 aromatic carbocycles. The van der Waals surface area contributed by atoms with Crippen LogP contribution in [0.15, 0.2) is 22.7 Å². The monoisotopic (exact) mass is 344 g/mol. The standard InChI is InChI=1S/C18H20N2O3S/c1-2-16-17(22-11-21-16)9-12(1)18-14-10-20(6-3-15(14)23-19-18)13-4-7-24-8-5-13/h1-2,9,13H,3-8,10-11H2. The fourth-order valence-corrected chi connectivity index (χ4v) is 4.94. The maximum atomic E-state index is 5.64. The summed E-state index contributed by atoms with van der Waals surface area (Å²) in [6, 6.07) is 6.72. The van der Waals surface area contributed by atoms with Gasteiger partial charge in [-0.1, -0.05) is 5.16 Å². The van der Waals surface area contributed by atoms with E-state index in [0.29, 0.717) is 12.8 Å². The van der Waals surface area contributed by atoms with E-state index in [9.17, 15) is 0 Å². The Morgan fingerprint density at radius 1 is 1.12 bits per heavy atom. The first kappa shape index (κ1) is 14.7. The number of hydrogen-bond donors (Lipinski definition) is 0. The average Bonchev–Trinajstić information content (AvgIpc) is 3.27. The van der Waals surface area contributed by atoms with Gasteiger partial charge in [0.1, 0.15) is 11.5 Å². The molecule has 0 atom stereocenters. The summed E-state index contributed by atoms with van der Waals surface area (Å²) in [6.07, 6.45) is 3.55. The molecular weight excluding hydrogens is 324 g/mol. The van der Waals surface area contributed by atoms with Crippen molar-refractivity contribution in [2.45, 2.75) is 31.8 Å². The first-order valence-corrected chi connectivity index (χ1v) is 9.73. The van der Waals surface area contributed by atoms with Crippen LogP contribution in [0.25, 0.3) is 11.3 Å². The SMILES string of the molecule is c1cc2c(cc1-c1noc3c1CN(C1CCSCC1)CC3)OCO2. The summed E-state index contributed by atoms with van der Waals surface area (Å²) >= 11 is 2.08. The number of ether oxygens (including phenoxy) is 2. The van der Waals surface area contributed by atoms with E-state index in [1.54, 1.807) is 0 Å². The van der Waals surface area contributed by atoms with Gasteiger partial charge in [-0.2, -0.15) is 11.8 Å². The summed E-state index contributed by atoms with van der Waals surface area (Å²) in [6.45, 7) is 2.32. The van der Waals surface area contributed by atoms with Crippen LogP contribution >= 0.6 is 11.8 Å². The summed E-state index contributed by atoms with van der Waals surface area (Å²) < 4.78 is 16.6. The van der Waals surface area contributed by atoms with Crippen molar-refractivity contribution in [3.05, 3.63) is 29.5 Å². The lowest BCUT2D eigenvalue weighted by atomic mass is 9.98. The van der Waals surface area contributed by atoms with Crippen LogP contribution in [0.3, 0.4) is 0 Å². The molecule has 0 amide bonds. The Balaban J connectivity index is 1.44. The lowest BCUT2D eigenvalue weighted by Crippen LogP contribution is -2.41. The number of benzene rings is 1. The normalized spacial score (nSPS) is 21.0. The van der Waals surface area contributed by atoms with Gasteiger partial charge in [-0.25, -0.2) is 0 Å². The zero-order valence-corrected chi connectivity index (χ0v) is 14.3. The van der Waals surface area contributed by atoms with Crippen LogP contribution < -0.4 is 9.47 Å². The molecule has 6 heteroatoms. The van der Waals surface area contributed by atoms with Crippen LogP contribution in [-0.4, -0.2) is 40.9 Å². The maximum Gasteiger partial charge on any atom is 0.231 e. The lowest BCUT2D eigenvalue weighted by molar-refractivity contribution is 0.160. The number of hydrogen-bond acceptors (Lipinski definition) is 6. The Morgan fingerprint density at radius 2 is 2.00 bits per heavy atom. The minimum atomic E-state index is 0.295. The highest BCUT2D eigenvalue weighted by Crippen LogP contribution is 2.38. The van der Waals surface area contributed by atoms with Crippen molar-refractivity contribution < 1.29 is 14.0 Å². The summed E-state index contributed by atoms with van der Waals surface area (Å²) in [5.74, 6) is 5.21. The number of fused-ring (bicyclic) bond motifs is 2. The molecule has 0 N–H and O–H groups in total. The van der Waals surface area contributed by atoms with Gasteiger partial charge in [0.2, 0.25) is 6.79 Å². The number of aromatic nitrogens is 1. The van der Waals surface area contributed by atoms with Gasteiger partial charge in [-0.15, -0.1) is 0 Å². The average molecular weight is 344 g/mol. The van der Waals surface area contributed by atoms with Gasteiger partial charge in [-0.3, -0.25) is 4.90 Å². The molecule has 24 heavy (non-hydrogen) atoms. The first-order valence-electron chi connectivity index (χ1n) is 8.58. The van der Waals surface area contributed by atoms with E-state index in [0.717, 1.165) is 48.0 Å². The Morgan fingerprint density at radius 3 is 2.92 bits per heavy atom. The Labute approximate surface area is 145 Å². The number of nitrogens with zero attached hydrogens (tertiary/aromatic N) is 2. The van der Waals surface area contributed by atoms with Crippen molar-refractivity contribution in [3.63, 3.8) is 0 Å². The van der Waals surface area contributed by atoms with E-state index in [1.807, 2.05) is 18.2 Å². The van der Waals surface area contributed by atoms with Gasteiger partial charge in [0.25, 0.3) is 0 Å². The van der Waals surface area contributed by atoms with Gasteiger partial charge >= 0.3 is 0 Å². The molecule has 0 bridgehead atoms. The third kappa shape index (κ3) is 2.48. The zero-order chi connectivity index (χ0) is 15.9. The first-order chi connectivity index (χ1) is 11.9. The molecule has 4 heterocycles. The molecule has 0 aliphatic carbocycles. The fraction of sp³-hybridized carbons (Fsp3) is 0.500. The zero-order valence-electron chi connectivity index (χ0n) is 13.5. The van der Waals surface area contributed by atoms with Crippen molar-refractivity contribution in [1.82, 2.24) is 10.1 Å². The van der Waals surface area contributed by atoms with Crippen LogP contribution in [0.4, 0.5) is 0 Å². The Bertz CT molecular complexity index is 755. The minimum absolute atomic E-state index is 0.295. The highest BCUT2D eigenvalue weighted by Gasteiger charge is 2.30. The van der Waals surface area contributed by atoms with E-state index in [2.05, 4.69) is 21.8 Å². The van der Waals surface area contributed by atoms with E-state index >= 15 is 0 Å². The van der Waals surface area contributed by atoms with Gasteiger partial charge in [0.15, 0.2) is 11.5 Å². The molecule has 1 aromatic heterocycles. The molecule has 2 aromatic rings. The van der Waals surface area contributed by atoms with E-state index in [1.165, 1.54) is 29.9 Å². The smallest absolute Gasteiger partial charge is 0.231 e. The van der Waals surface area contributed by atoms with Crippen molar-refractivity contribution >= 4 is 11.8 Å². The van der Waals surface area contributed by atoms with E-state index < -0.39 is 0 Å². The van der Waals surface area contributed by atoms with Crippen molar-refractivity contribution in [3.8, 4) is 22.8 Å². The largest absolute Gasteiger partial charge is 0.454 e. The molecule has 0 spiro atoms. The van der Waals surface area contributed by atoms with Crippen LogP contribution in [-0.2, 0) is 13.0 Å². The van der Waals surface area contributed by atoms with Gasteiger partial charge < -0.3 is 14.0 Å². The van der Waals surface area contributed by atoms with Gasteiger partial charge in [0, 0.05) is 36.7 Å². The van der Waals surface area contributed by atoms with E-state index in [4.69, 9.17) is 14.0 Å². The third-order valence-electron chi connectivity index (χ3n) is 5.21. The number of thioether (sulfide) groups is 1. The highest BCUT2D eigenvalue weighted by molar-refractivity contribution is 7.99. The molecule has 126 valence electrons. The molecule has 3 aliphatic heterocycles. The highest BCUT2D eigenvalue weighted by atomic mass is 32.2. The van der Waals surface area contributed by atoms with Crippen LogP contribution in [0.1, 0.15) is 24.2 Å². The summed E-state index contributed by atoms with van der Waals surface area (Å²) in [5, 5.41) is 4.37. The number of rotatable bonds is 2. The molecule has 5 rings (SSSR count). The van der Waals surface area contributed by atoms with Crippen molar-refractivity contribution in [2.24, 2.45) is 0 Å². The lowest BCUT2D eigenvalue weighted by Gasteiger charge is -2.36. The molecular formula is C18H20N2O3S.